The zero-order valence-electron chi connectivity index (χ0n) is 6.25. The van der Waals surface area contributed by atoms with Crippen LogP contribution in [0.3, 0.4) is 0 Å². The zero-order chi connectivity index (χ0) is 8.27. The number of aromatic nitrogens is 2. The minimum absolute atomic E-state index is 0.185. The molecular weight excluding hydrogens is 208 g/mol. The van der Waals surface area contributed by atoms with E-state index in [4.69, 9.17) is 0 Å². The minimum Gasteiger partial charge on any atom is -0.298 e. The van der Waals surface area contributed by atoms with Gasteiger partial charge >= 0.3 is 5.69 Å². The largest absolute Gasteiger partial charge is 0.347 e. The normalized spacial score (nSPS) is 10.0. The van der Waals surface area contributed by atoms with Crippen molar-refractivity contribution < 1.29 is 0 Å². The molecule has 0 aliphatic rings. The number of hydrogen-bond donors (Lipinski definition) is 0. The van der Waals surface area contributed by atoms with Crippen LogP contribution in [0.1, 0.15) is 5.56 Å². The Kier molecular flexibility index (Phi) is 2.82. The first-order valence-electron chi connectivity index (χ1n) is 3.33. The van der Waals surface area contributed by atoms with Gasteiger partial charge in [-0.3, -0.25) is 4.57 Å². The lowest BCUT2D eigenvalue weighted by atomic mass is 10.4. The van der Waals surface area contributed by atoms with Crippen molar-refractivity contribution in [2.24, 2.45) is 0 Å². The van der Waals surface area contributed by atoms with Crippen LogP contribution in [0.2, 0.25) is 0 Å². The summed E-state index contributed by atoms with van der Waals surface area (Å²) in [5.41, 5.74) is 0.820. The van der Waals surface area contributed by atoms with Crippen molar-refractivity contribution in [3.8, 4) is 0 Å². The number of nitrogens with zero attached hydrogens (tertiary/aromatic N) is 2. The van der Waals surface area contributed by atoms with Crippen LogP contribution in [0.5, 0.6) is 0 Å². The van der Waals surface area contributed by atoms with Crippen LogP contribution >= 0.6 is 15.9 Å². The van der Waals surface area contributed by atoms with E-state index in [0.29, 0.717) is 6.54 Å². The van der Waals surface area contributed by atoms with E-state index in [1.54, 1.807) is 17.0 Å². The van der Waals surface area contributed by atoms with E-state index in [1.807, 2.05) is 6.92 Å². The molecule has 0 aromatic carbocycles. The number of halogens is 1. The predicted molar refractivity (Wildman–Crippen MR) is 47.0 cm³/mol. The van der Waals surface area contributed by atoms with E-state index in [9.17, 15) is 4.79 Å². The molecule has 0 atom stereocenters. The van der Waals surface area contributed by atoms with Crippen LogP contribution in [0.4, 0.5) is 0 Å². The SMILES string of the molecule is Cc1cnc(=O)n(CCBr)c1. The third kappa shape index (κ3) is 2.15. The van der Waals surface area contributed by atoms with Gasteiger partial charge in [0, 0.05) is 24.3 Å². The molecule has 0 saturated carbocycles. The molecule has 1 heterocycles. The fourth-order valence-corrected chi connectivity index (χ4v) is 1.20. The van der Waals surface area contributed by atoms with Crippen molar-refractivity contribution >= 4 is 15.9 Å². The van der Waals surface area contributed by atoms with Gasteiger partial charge in [-0.2, -0.15) is 0 Å². The molecule has 0 amide bonds. The highest BCUT2D eigenvalue weighted by molar-refractivity contribution is 9.09. The molecule has 0 radical (unpaired) electrons. The number of rotatable bonds is 2. The molecule has 3 nitrogen and oxygen atoms in total. The molecule has 0 aliphatic carbocycles. The maximum atomic E-state index is 11.0. The average molecular weight is 217 g/mol. The smallest absolute Gasteiger partial charge is 0.298 e. The van der Waals surface area contributed by atoms with Crippen LogP contribution in [0.25, 0.3) is 0 Å². The molecule has 4 heteroatoms. The van der Waals surface area contributed by atoms with Crippen LogP contribution in [-0.2, 0) is 6.54 Å². The fraction of sp³-hybridized carbons (Fsp3) is 0.429. The monoisotopic (exact) mass is 216 g/mol. The lowest BCUT2D eigenvalue weighted by Crippen LogP contribution is -2.22. The van der Waals surface area contributed by atoms with Crippen molar-refractivity contribution in [2.75, 3.05) is 5.33 Å². The van der Waals surface area contributed by atoms with Crippen molar-refractivity contribution in [3.63, 3.8) is 0 Å². The third-order valence-corrected chi connectivity index (χ3v) is 1.66. The highest BCUT2D eigenvalue weighted by Gasteiger charge is 1.94. The Labute approximate surface area is 73.2 Å². The summed E-state index contributed by atoms with van der Waals surface area (Å²) in [6.45, 7) is 2.59. The maximum absolute atomic E-state index is 11.0. The summed E-state index contributed by atoms with van der Waals surface area (Å²) in [6.07, 6.45) is 3.38. The Balaban J connectivity index is 3.03. The molecule has 1 rings (SSSR count). The van der Waals surface area contributed by atoms with E-state index in [2.05, 4.69) is 20.9 Å². The lowest BCUT2D eigenvalue weighted by molar-refractivity contribution is 0.703. The maximum Gasteiger partial charge on any atom is 0.347 e. The van der Waals surface area contributed by atoms with Gasteiger partial charge in [0.15, 0.2) is 0 Å². The van der Waals surface area contributed by atoms with Gasteiger partial charge in [-0.1, -0.05) is 15.9 Å². The van der Waals surface area contributed by atoms with Crippen LogP contribution < -0.4 is 5.69 Å². The predicted octanol–water partition coefficient (Wildman–Crippen LogP) is 0.947. The molecule has 0 unspecified atom stereocenters. The van der Waals surface area contributed by atoms with Gasteiger partial charge in [-0.25, -0.2) is 9.78 Å². The average Bonchev–Trinajstić information content (AvgIpc) is 1.98. The van der Waals surface area contributed by atoms with Gasteiger partial charge in [0.25, 0.3) is 0 Å². The van der Waals surface area contributed by atoms with Crippen molar-refractivity contribution in [3.05, 3.63) is 28.4 Å². The van der Waals surface area contributed by atoms with Gasteiger partial charge in [-0.15, -0.1) is 0 Å². The van der Waals surface area contributed by atoms with E-state index < -0.39 is 0 Å². The first-order valence-corrected chi connectivity index (χ1v) is 4.45. The van der Waals surface area contributed by atoms with Crippen molar-refractivity contribution in [1.82, 2.24) is 9.55 Å². The second-order valence-electron chi connectivity index (χ2n) is 2.30. The van der Waals surface area contributed by atoms with Crippen molar-refractivity contribution in [1.29, 1.82) is 0 Å². The van der Waals surface area contributed by atoms with Gasteiger partial charge in [0.1, 0.15) is 0 Å². The van der Waals surface area contributed by atoms with Crippen LogP contribution in [0, 0.1) is 6.92 Å². The molecule has 0 N–H and O–H groups in total. The summed E-state index contributed by atoms with van der Waals surface area (Å²) in [7, 11) is 0. The van der Waals surface area contributed by atoms with Crippen LogP contribution in [0.15, 0.2) is 17.2 Å². The highest BCUT2D eigenvalue weighted by atomic mass is 79.9. The molecule has 1 aromatic heterocycles. The minimum atomic E-state index is -0.185. The molecule has 0 fully saturated rings. The quantitative estimate of drug-likeness (QED) is 0.691. The van der Waals surface area contributed by atoms with E-state index in [-0.39, 0.29) is 5.69 Å². The number of aryl methyl sites for hydroxylation is 2. The summed E-state index contributed by atoms with van der Waals surface area (Å²) in [5.74, 6) is 0. The topological polar surface area (TPSA) is 34.9 Å². The Bertz CT molecular complexity index is 295. The highest BCUT2D eigenvalue weighted by Crippen LogP contribution is 1.90. The summed E-state index contributed by atoms with van der Waals surface area (Å²) >= 11 is 3.26. The lowest BCUT2D eigenvalue weighted by Gasteiger charge is -2.01. The molecule has 0 aliphatic heterocycles. The van der Waals surface area contributed by atoms with Gasteiger partial charge in [0.05, 0.1) is 0 Å². The van der Waals surface area contributed by atoms with E-state index in [0.717, 1.165) is 10.9 Å². The van der Waals surface area contributed by atoms with E-state index in [1.165, 1.54) is 0 Å². The molecule has 0 spiro atoms. The molecule has 0 bridgehead atoms. The number of alkyl halides is 1. The number of hydrogen-bond acceptors (Lipinski definition) is 2. The second kappa shape index (κ2) is 3.67. The molecule has 60 valence electrons. The van der Waals surface area contributed by atoms with Gasteiger partial charge < -0.3 is 0 Å². The second-order valence-corrected chi connectivity index (χ2v) is 3.09. The van der Waals surface area contributed by atoms with E-state index >= 15 is 0 Å². The van der Waals surface area contributed by atoms with Crippen LogP contribution in [-0.4, -0.2) is 14.9 Å². The summed E-state index contributed by atoms with van der Waals surface area (Å²) in [6, 6.07) is 0. The van der Waals surface area contributed by atoms with Gasteiger partial charge in [-0.05, 0) is 12.5 Å². The Hall–Kier alpha value is -0.640. The molecule has 0 saturated heterocycles. The molecule has 1 aromatic rings. The first-order chi connectivity index (χ1) is 5.24. The third-order valence-electron chi connectivity index (χ3n) is 1.31. The van der Waals surface area contributed by atoms with Crippen molar-refractivity contribution in [2.45, 2.75) is 13.5 Å². The summed E-state index contributed by atoms with van der Waals surface area (Å²) in [5, 5.41) is 0.776. The Morgan fingerprint density at radius 2 is 2.45 bits per heavy atom. The molecule has 11 heavy (non-hydrogen) atoms. The molecular formula is C7H9BrN2O. The standard InChI is InChI=1S/C7H9BrN2O/c1-6-4-9-7(11)10(5-6)3-2-8/h4-5H,2-3H2,1H3. The fourth-order valence-electron chi connectivity index (χ4n) is 0.817. The summed E-state index contributed by atoms with van der Waals surface area (Å²) < 4.78 is 1.59. The Morgan fingerprint density at radius 3 is 3.09 bits per heavy atom. The van der Waals surface area contributed by atoms with Gasteiger partial charge in [0.2, 0.25) is 0 Å². The first kappa shape index (κ1) is 8.46. The zero-order valence-corrected chi connectivity index (χ0v) is 7.84. The summed E-state index contributed by atoms with van der Waals surface area (Å²) in [4.78, 5) is 14.7. The Morgan fingerprint density at radius 1 is 1.73 bits per heavy atom.